The Kier molecular flexibility index (Phi) is 4.71. The second-order valence-electron chi connectivity index (χ2n) is 3.68. The van der Waals surface area contributed by atoms with Crippen molar-refractivity contribution in [2.45, 2.75) is 12.6 Å². The lowest BCUT2D eigenvalue weighted by Crippen LogP contribution is -2.37. The molecule has 0 amide bonds. The number of benzene rings is 1. The molecule has 0 heterocycles. The van der Waals surface area contributed by atoms with Crippen molar-refractivity contribution in [1.82, 2.24) is 0 Å². The van der Waals surface area contributed by atoms with Crippen LogP contribution < -0.4 is 10.6 Å². The first-order valence-electron chi connectivity index (χ1n) is 5.18. The molecule has 0 saturated heterocycles. The number of carboxylic acid groups (broad SMARTS) is 1. The summed E-state index contributed by atoms with van der Waals surface area (Å²) in [6, 6.07) is 4.39. The zero-order chi connectivity index (χ0) is 14.6. The van der Waals surface area contributed by atoms with Crippen molar-refractivity contribution in [2.75, 3.05) is 11.4 Å². The standard InChI is InChI=1S/C11H11F3N2O2S/c12-11(13,14)7-2-1-3-8(6-7)16(10(15)19)5-4-9(17)18/h1-3,6H,4-5H2,(H2,15,19)(H,17,18). The molecule has 3 N–H and O–H groups in total. The van der Waals surface area contributed by atoms with E-state index in [1.54, 1.807) is 0 Å². The van der Waals surface area contributed by atoms with Crippen LogP contribution in [0.15, 0.2) is 24.3 Å². The average molecular weight is 292 g/mol. The molecule has 4 nitrogen and oxygen atoms in total. The molecule has 0 aromatic heterocycles. The van der Waals surface area contributed by atoms with Gasteiger partial charge in [0.1, 0.15) is 0 Å². The van der Waals surface area contributed by atoms with Crippen molar-refractivity contribution in [1.29, 1.82) is 0 Å². The Bertz CT molecular complexity index is 491. The Morgan fingerprint density at radius 3 is 2.53 bits per heavy atom. The van der Waals surface area contributed by atoms with Crippen molar-refractivity contribution in [2.24, 2.45) is 5.73 Å². The predicted octanol–water partition coefficient (Wildman–Crippen LogP) is 2.23. The van der Waals surface area contributed by atoms with Gasteiger partial charge in [0.15, 0.2) is 5.11 Å². The predicted molar refractivity (Wildman–Crippen MR) is 67.8 cm³/mol. The van der Waals surface area contributed by atoms with Gasteiger partial charge >= 0.3 is 12.1 Å². The molecule has 0 aliphatic carbocycles. The van der Waals surface area contributed by atoms with E-state index >= 15 is 0 Å². The van der Waals surface area contributed by atoms with Gasteiger partial charge in [-0.3, -0.25) is 4.79 Å². The number of carbonyl (C=O) groups is 1. The van der Waals surface area contributed by atoms with E-state index in [9.17, 15) is 18.0 Å². The fourth-order valence-electron chi connectivity index (χ4n) is 1.42. The largest absolute Gasteiger partial charge is 0.481 e. The third-order valence-corrected chi connectivity index (χ3v) is 2.52. The van der Waals surface area contributed by atoms with Crippen molar-refractivity contribution in [3.63, 3.8) is 0 Å². The average Bonchev–Trinajstić information content (AvgIpc) is 2.27. The minimum atomic E-state index is -4.48. The van der Waals surface area contributed by atoms with E-state index in [0.717, 1.165) is 17.0 Å². The number of nitrogens with zero attached hydrogens (tertiary/aromatic N) is 1. The molecule has 0 saturated carbocycles. The molecule has 0 radical (unpaired) electrons. The van der Waals surface area contributed by atoms with Gasteiger partial charge in [-0.2, -0.15) is 13.2 Å². The van der Waals surface area contributed by atoms with E-state index in [2.05, 4.69) is 0 Å². The Labute approximate surface area is 112 Å². The van der Waals surface area contributed by atoms with Gasteiger partial charge in [-0.25, -0.2) is 0 Å². The van der Waals surface area contributed by atoms with Crippen molar-refractivity contribution < 1.29 is 23.1 Å². The minimum absolute atomic E-state index is 0.0913. The van der Waals surface area contributed by atoms with Gasteiger partial charge in [-0.15, -0.1) is 0 Å². The molecule has 0 aliphatic heterocycles. The van der Waals surface area contributed by atoms with E-state index < -0.39 is 17.7 Å². The molecule has 1 rings (SSSR count). The van der Waals surface area contributed by atoms with Crippen LogP contribution in [0.25, 0.3) is 0 Å². The Balaban J connectivity index is 3.03. The van der Waals surface area contributed by atoms with Gasteiger partial charge < -0.3 is 15.7 Å². The van der Waals surface area contributed by atoms with Crippen LogP contribution in [0, 0.1) is 0 Å². The molecule has 0 bridgehead atoms. The molecule has 0 spiro atoms. The molecule has 1 aromatic carbocycles. The van der Waals surface area contributed by atoms with Gasteiger partial charge in [0.25, 0.3) is 0 Å². The number of hydrogen-bond donors (Lipinski definition) is 2. The summed E-state index contributed by atoms with van der Waals surface area (Å²) in [7, 11) is 0. The van der Waals surface area contributed by atoms with Crippen LogP contribution in [-0.2, 0) is 11.0 Å². The summed E-state index contributed by atoms with van der Waals surface area (Å²) in [6.45, 7) is -0.0913. The number of anilines is 1. The van der Waals surface area contributed by atoms with Crippen molar-refractivity contribution >= 4 is 29.0 Å². The molecule has 0 atom stereocenters. The lowest BCUT2D eigenvalue weighted by Gasteiger charge is -2.23. The first-order valence-corrected chi connectivity index (χ1v) is 5.58. The zero-order valence-electron chi connectivity index (χ0n) is 9.65. The number of alkyl halides is 3. The number of aliphatic carboxylic acids is 1. The molecule has 0 unspecified atom stereocenters. The summed E-state index contributed by atoms with van der Waals surface area (Å²) < 4.78 is 37.7. The Hall–Kier alpha value is -1.83. The monoisotopic (exact) mass is 292 g/mol. The topological polar surface area (TPSA) is 66.6 Å². The third kappa shape index (κ3) is 4.40. The maximum Gasteiger partial charge on any atom is 0.416 e. The maximum absolute atomic E-state index is 12.6. The SMILES string of the molecule is NC(=S)N(CCC(=O)O)c1cccc(C(F)(F)F)c1. The summed E-state index contributed by atoms with van der Waals surface area (Å²) in [6.07, 6.45) is -4.77. The summed E-state index contributed by atoms with van der Waals surface area (Å²) in [5.41, 5.74) is 4.67. The summed E-state index contributed by atoms with van der Waals surface area (Å²) in [5.74, 6) is -1.09. The first kappa shape index (κ1) is 15.2. The van der Waals surface area contributed by atoms with Crippen molar-refractivity contribution in [3.05, 3.63) is 29.8 Å². The highest BCUT2D eigenvalue weighted by molar-refractivity contribution is 7.80. The molecular formula is C11H11F3N2O2S. The highest BCUT2D eigenvalue weighted by Crippen LogP contribution is 2.31. The zero-order valence-corrected chi connectivity index (χ0v) is 10.5. The fourth-order valence-corrected chi connectivity index (χ4v) is 1.62. The van der Waals surface area contributed by atoms with Gasteiger partial charge in [0, 0.05) is 12.2 Å². The quantitative estimate of drug-likeness (QED) is 0.833. The van der Waals surface area contributed by atoms with Crippen molar-refractivity contribution in [3.8, 4) is 0 Å². The van der Waals surface area contributed by atoms with E-state index in [1.165, 1.54) is 12.1 Å². The molecule has 0 fully saturated rings. The number of halogens is 3. The Morgan fingerprint density at radius 1 is 1.42 bits per heavy atom. The van der Waals surface area contributed by atoms with E-state index in [-0.39, 0.29) is 23.8 Å². The molecule has 104 valence electrons. The van der Waals surface area contributed by atoms with Crippen LogP contribution in [0.1, 0.15) is 12.0 Å². The number of nitrogens with two attached hydrogens (primary N) is 1. The van der Waals surface area contributed by atoms with E-state index in [4.69, 9.17) is 23.1 Å². The first-order chi connectivity index (χ1) is 8.71. The van der Waals surface area contributed by atoms with Crippen LogP contribution in [0.3, 0.4) is 0 Å². The summed E-state index contributed by atoms with van der Waals surface area (Å²) in [4.78, 5) is 11.6. The summed E-state index contributed by atoms with van der Waals surface area (Å²) >= 11 is 4.72. The normalized spacial score (nSPS) is 11.1. The molecule has 19 heavy (non-hydrogen) atoms. The van der Waals surface area contributed by atoms with Crippen LogP contribution in [0.2, 0.25) is 0 Å². The van der Waals surface area contributed by atoms with Gasteiger partial charge in [0.2, 0.25) is 0 Å². The van der Waals surface area contributed by atoms with E-state index in [0.29, 0.717) is 0 Å². The number of carboxylic acids is 1. The van der Waals surface area contributed by atoms with Gasteiger partial charge in [-0.05, 0) is 30.4 Å². The van der Waals surface area contributed by atoms with Crippen LogP contribution in [0.4, 0.5) is 18.9 Å². The van der Waals surface area contributed by atoms with Gasteiger partial charge in [0.05, 0.1) is 12.0 Å². The minimum Gasteiger partial charge on any atom is -0.481 e. The highest BCUT2D eigenvalue weighted by atomic mass is 32.1. The maximum atomic E-state index is 12.6. The molecule has 1 aromatic rings. The third-order valence-electron chi connectivity index (χ3n) is 2.30. The number of rotatable bonds is 4. The number of thiocarbonyl (C=S) groups is 1. The molecule has 8 heteroatoms. The second-order valence-corrected chi connectivity index (χ2v) is 4.10. The number of hydrogen-bond acceptors (Lipinski definition) is 2. The molecule has 0 aliphatic rings. The smallest absolute Gasteiger partial charge is 0.416 e. The van der Waals surface area contributed by atoms with Crippen LogP contribution in [-0.4, -0.2) is 22.7 Å². The fraction of sp³-hybridized carbons (Fsp3) is 0.273. The second kappa shape index (κ2) is 5.87. The van der Waals surface area contributed by atoms with Crippen LogP contribution in [0.5, 0.6) is 0 Å². The highest BCUT2D eigenvalue weighted by Gasteiger charge is 2.31. The Morgan fingerprint density at radius 2 is 2.05 bits per heavy atom. The summed E-state index contributed by atoms with van der Waals surface area (Å²) in [5, 5.41) is 8.40. The van der Waals surface area contributed by atoms with Crippen LogP contribution >= 0.6 is 12.2 Å². The lowest BCUT2D eigenvalue weighted by atomic mass is 10.2. The lowest BCUT2D eigenvalue weighted by molar-refractivity contribution is -0.138. The van der Waals surface area contributed by atoms with Gasteiger partial charge in [-0.1, -0.05) is 6.07 Å². The molecular weight excluding hydrogens is 281 g/mol. The van der Waals surface area contributed by atoms with E-state index in [1.807, 2.05) is 0 Å².